The van der Waals surface area contributed by atoms with Crippen LogP contribution in [0, 0.1) is 11.7 Å². The van der Waals surface area contributed by atoms with Crippen molar-refractivity contribution in [3.05, 3.63) is 65.5 Å². The van der Waals surface area contributed by atoms with Gasteiger partial charge in [0.25, 0.3) is 0 Å². The third-order valence-corrected chi connectivity index (χ3v) is 4.90. The van der Waals surface area contributed by atoms with Crippen LogP contribution in [-0.4, -0.2) is 37.6 Å². The van der Waals surface area contributed by atoms with Gasteiger partial charge in [-0.2, -0.15) is 0 Å². The summed E-state index contributed by atoms with van der Waals surface area (Å²) in [7, 11) is 1.42. The quantitative estimate of drug-likeness (QED) is 0.870. The van der Waals surface area contributed by atoms with Crippen molar-refractivity contribution in [2.75, 3.05) is 26.7 Å². The molecular weight excluding hydrogens is 355 g/mol. The fraction of sp³-hybridized carbons (Fsp3) is 0.350. The van der Waals surface area contributed by atoms with Gasteiger partial charge in [-0.25, -0.2) is 4.39 Å². The topological polar surface area (TPSA) is 55.6 Å². The molecule has 2 atom stereocenters. The number of nitrogens with two attached hydrogens (primary N) is 1. The molecule has 1 aliphatic rings. The number of carbonyl (C=O) groups excluding carboxylic acids is 1. The van der Waals surface area contributed by atoms with Crippen molar-refractivity contribution in [2.24, 2.45) is 11.7 Å². The molecule has 1 heterocycles. The molecule has 6 heteroatoms. The van der Waals surface area contributed by atoms with Crippen molar-refractivity contribution in [3.8, 4) is 5.75 Å². The third-order valence-electron chi connectivity index (χ3n) is 4.90. The van der Waals surface area contributed by atoms with E-state index >= 15 is 0 Å². The van der Waals surface area contributed by atoms with Gasteiger partial charge >= 0.3 is 0 Å². The van der Waals surface area contributed by atoms with Gasteiger partial charge in [-0.15, -0.1) is 12.4 Å². The minimum Gasteiger partial charge on any atom is -0.494 e. The van der Waals surface area contributed by atoms with Gasteiger partial charge in [-0.05, 0) is 35.7 Å². The van der Waals surface area contributed by atoms with Crippen LogP contribution >= 0.6 is 12.4 Å². The molecule has 4 nitrogen and oxygen atoms in total. The number of ether oxygens (including phenoxy) is 1. The zero-order valence-electron chi connectivity index (χ0n) is 14.7. The summed E-state index contributed by atoms with van der Waals surface area (Å²) in [5.41, 5.74) is 7.79. The van der Waals surface area contributed by atoms with Crippen LogP contribution in [0.2, 0.25) is 0 Å². The van der Waals surface area contributed by atoms with Crippen molar-refractivity contribution < 1.29 is 13.9 Å². The molecule has 1 aliphatic heterocycles. The predicted octanol–water partition coefficient (Wildman–Crippen LogP) is 3.00. The van der Waals surface area contributed by atoms with E-state index in [4.69, 9.17) is 10.5 Å². The lowest BCUT2D eigenvalue weighted by atomic mass is 9.89. The fourth-order valence-electron chi connectivity index (χ4n) is 3.50. The van der Waals surface area contributed by atoms with Crippen LogP contribution < -0.4 is 10.5 Å². The van der Waals surface area contributed by atoms with E-state index < -0.39 is 5.82 Å². The molecule has 0 radical (unpaired) electrons. The fourth-order valence-corrected chi connectivity index (χ4v) is 3.50. The highest BCUT2D eigenvalue weighted by Gasteiger charge is 2.35. The van der Waals surface area contributed by atoms with Gasteiger partial charge in [0.2, 0.25) is 5.91 Å². The minimum atomic E-state index is -0.448. The summed E-state index contributed by atoms with van der Waals surface area (Å²) in [6.07, 6.45) is 0.180. The minimum absolute atomic E-state index is 0. The molecule has 140 valence electrons. The van der Waals surface area contributed by atoms with Gasteiger partial charge in [0, 0.05) is 19.0 Å². The summed E-state index contributed by atoms with van der Waals surface area (Å²) in [4.78, 5) is 14.5. The first-order valence-electron chi connectivity index (χ1n) is 8.47. The van der Waals surface area contributed by atoms with Gasteiger partial charge in [0.15, 0.2) is 11.6 Å². The standard InChI is InChI=1S/C20H23FN2O2.ClH/c1-25-19-8-7-14(9-18(19)21)10-20(24)23-12-16(11-22)17(13-23)15-5-3-2-4-6-15;/h2-9,16-17H,10-13,22H2,1H3;1H/t16-,17+;/m1./s1. The Morgan fingerprint density at radius 2 is 1.96 bits per heavy atom. The predicted molar refractivity (Wildman–Crippen MR) is 102 cm³/mol. The summed E-state index contributed by atoms with van der Waals surface area (Å²) in [5, 5.41) is 0. The Balaban J connectivity index is 0.00000243. The van der Waals surface area contributed by atoms with Crippen molar-refractivity contribution in [3.63, 3.8) is 0 Å². The van der Waals surface area contributed by atoms with E-state index in [9.17, 15) is 9.18 Å². The SMILES string of the molecule is COc1ccc(CC(=O)N2C[C@@H](CN)[C@H](c3ccccc3)C2)cc1F.Cl. The molecule has 1 amide bonds. The van der Waals surface area contributed by atoms with Crippen LogP contribution in [0.3, 0.4) is 0 Å². The maximum atomic E-state index is 13.8. The van der Waals surface area contributed by atoms with Crippen molar-refractivity contribution in [1.29, 1.82) is 0 Å². The third kappa shape index (κ3) is 4.34. The van der Waals surface area contributed by atoms with E-state index in [0.29, 0.717) is 25.2 Å². The molecule has 2 aromatic rings. The number of amides is 1. The van der Waals surface area contributed by atoms with Gasteiger partial charge in [0.1, 0.15) is 0 Å². The first-order chi connectivity index (χ1) is 12.1. The monoisotopic (exact) mass is 378 g/mol. The summed E-state index contributed by atoms with van der Waals surface area (Å²) in [6.45, 7) is 1.84. The Labute approximate surface area is 159 Å². The lowest BCUT2D eigenvalue weighted by Gasteiger charge is -2.17. The highest BCUT2D eigenvalue weighted by Crippen LogP contribution is 2.32. The Bertz CT molecular complexity index is 742. The van der Waals surface area contributed by atoms with E-state index in [0.717, 1.165) is 0 Å². The molecule has 0 unspecified atom stereocenters. The van der Waals surface area contributed by atoms with Gasteiger partial charge in [-0.3, -0.25) is 4.79 Å². The summed E-state index contributed by atoms with van der Waals surface area (Å²) >= 11 is 0. The summed E-state index contributed by atoms with van der Waals surface area (Å²) in [6, 6.07) is 14.8. The summed E-state index contributed by atoms with van der Waals surface area (Å²) in [5.74, 6) is 0.240. The van der Waals surface area contributed by atoms with E-state index in [2.05, 4.69) is 12.1 Å². The Hall–Kier alpha value is -2.11. The largest absolute Gasteiger partial charge is 0.494 e. The van der Waals surface area contributed by atoms with Crippen LogP contribution in [0.5, 0.6) is 5.75 Å². The van der Waals surface area contributed by atoms with Crippen molar-refractivity contribution >= 4 is 18.3 Å². The van der Waals surface area contributed by atoms with Crippen LogP contribution in [-0.2, 0) is 11.2 Å². The van der Waals surface area contributed by atoms with Gasteiger partial charge < -0.3 is 15.4 Å². The number of carbonyl (C=O) groups is 1. The number of likely N-dealkylation sites (tertiary alicyclic amines) is 1. The number of benzene rings is 2. The van der Waals surface area contributed by atoms with Crippen LogP contribution in [0.1, 0.15) is 17.0 Å². The highest BCUT2D eigenvalue weighted by atomic mass is 35.5. The number of hydrogen-bond acceptors (Lipinski definition) is 3. The number of rotatable bonds is 5. The second-order valence-corrected chi connectivity index (χ2v) is 6.46. The molecular formula is C20H24ClFN2O2. The first-order valence-corrected chi connectivity index (χ1v) is 8.47. The molecule has 0 saturated carbocycles. The molecule has 0 bridgehead atoms. The number of methoxy groups -OCH3 is 1. The first kappa shape index (κ1) is 20.2. The van der Waals surface area contributed by atoms with Crippen molar-refractivity contribution in [2.45, 2.75) is 12.3 Å². The van der Waals surface area contributed by atoms with Gasteiger partial charge in [0.05, 0.1) is 13.5 Å². The molecule has 2 N–H and O–H groups in total. The van der Waals surface area contributed by atoms with Crippen molar-refractivity contribution in [1.82, 2.24) is 4.90 Å². The molecule has 0 aliphatic carbocycles. The lowest BCUT2D eigenvalue weighted by Crippen LogP contribution is -2.31. The molecule has 3 rings (SSSR count). The second kappa shape index (κ2) is 9.01. The van der Waals surface area contributed by atoms with Crippen LogP contribution in [0.15, 0.2) is 48.5 Å². The summed E-state index contributed by atoms with van der Waals surface area (Å²) < 4.78 is 18.7. The van der Waals surface area contributed by atoms with Crippen LogP contribution in [0.4, 0.5) is 4.39 Å². The normalized spacial score (nSPS) is 19.1. The number of hydrogen-bond donors (Lipinski definition) is 1. The Morgan fingerprint density at radius 3 is 2.58 bits per heavy atom. The van der Waals surface area contributed by atoms with Crippen LogP contribution in [0.25, 0.3) is 0 Å². The van der Waals surface area contributed by atoms with E-state index in [-0.39, 0.29) is 42.3 Å². The zero-order chi connectivity index (χ0) is 17.8. The Morgan fingerprint density at radius 1 is 1.23 bits per heavy atom. The smallest absolute Gasteiger partial charge is 0.227 e. The maximum absolute atomic E-state index is 13.8. The lowest BCUT2D eigenvalue weighted by molar-refractivity contribution is -0.129. The Kier molecular flexibility index (Phi) is 7.00. The average molecular weight is 379 g/mol. The van der Waals surface area contributed by atoms with E-state index in [1.54, 1.807) is 12.1 Å². The average Bonchev–Trinajstić information content (AvgIpc) is 3.07. The highest BCUT2D eigenvalue weighted by molar-refractivity contribution is 5.85. The van der Waals surface area contributed by atoms with Gasteiger partial charge in [-0.1, -0.05) is 36.4 Å². The van der Waals surface area contributed by atoms with E-state index in [1.807, 2.05) is 23.1 Å². The maximum Gasteiger partial charge on any atom is 0.227 e. The molecule has 0 aromatic heterocycles. The number of halogens is 2. The number of nitrogens with zero attached hydrogens (tertiary/aromatic N) is 1. The molecule has 1 saturated heterocycles. The van der Waals surface area contributed by atoms with E-state index in [1.165, 1.54) is 18.7 Å². The molecule has 1 fully saturated rings. The molecule has 26 heavy (non-hydrogen) atoms. The molecule has 2 aromatic carbocycles. The second-order valence-electron chi connectivity index (χ2n) is 6.46. The molecule has 0 spiro atoms. The zero-order valence-corrected chi connectivity index (χ0v) is 15.5.